The van der Waals surface area contributed by atoms with Crippen molar-refractivity contribution in [3.63, 3.8) is 0 Å². The molecule has 156 valence electrons. The van der Waals surface area contributed by atoms with Gasteiger partial charge in [0.05, 0.1) is 41.5 Å². The first-order valence-corrected chi connectivity index (χ1v) is 8.95. The number of nitrogens with zero attached hydrogens (tertiary/aromatic N) is 2. The molecule has 0 bridgehead atoms. The zero-order valence-electron chi connectivity index (χ0n) is 15.6. The molecule has 1 fully saturated rings. The summed E-state index contributed by atoms with van der Waals surface area (Å²) in [6.45, 7) is 1.01. The molecule has 2 aromatic rings. The van der Waals surface area contributed by atoms with Crippen LogP contribution >= 0.6 is 0 Å². The Balaban J connectivity index is 1.79. The third-order valence-electron chi connectivity index (χ3n) is 4.80. The van der Waals surface area contributed by atoms with Crippen molar-refractivity contribution in [2.45, 2.75) is 44.5 Å². The standard InChI is InChI=1S/C18H21N3O8/c1-10(12-4-2-3-5-13(12)21(26)27)28-9-11-7-20(18(25)19-17(11)24)16-6-14(23)15(8-22)29-16/h2-5,7,10,14-16,22-23H,6,8-9H2,1H3,(H,19,24,25)/t10?,14?,15-,16-/m0/s1. The molecule has 29 heavy (non-hydrogen) atoms. The Labute approximate surface area is 164 Å². The Morgan fingerprint density at radius 1 is 1.41 bits per heavy atom. The quantitative estimate of drug-likeness (QED) is 0.439. The van der Waals surface area contributed by atoms with Gasteiger partial charge in [-0.2, -0.15) is 0 Å². The number of hydrogen-bond acceptors (Lipinski definition) is 8. The summed E-state index contributed by atoms with van der Waals surface area (Å²) in [5, 5.41) is 30.2. The largest absolute Gasteiger partial charge is 0.394 e. The van der Waals surface area contributed by atoms with E-state index in [0.29, 0.717) is 5.56 Å². The maximum atomic E-state index is 12.1. The summed E-state index contributed by atoms with van der Waals surface area (Å²) >= 11 is 0. The van der Waals surface area contributed by atoms with Gasteiger partial charge in [0, 0.05) is 18.7 Å². The van der Waals surface area contributed by atoms with Gasteiger partial charge in [-0.3, -0.25) is 24.5 Å². The highest BCUT2D eigenvalue weighted by Crippen LogP contribution is 2.29. The van der Waals surface area contributed by atoms with E-state index in [9.17, 15) is 29.9 Å². The summed E-state index contributed by atoms with van der Waals surface area (Å²) in [5.74, 6) is 0. The van der Waals surface area contributed by atoms with E-state index in [2.05, 4.69) is 4.98 Å². The molecule has 3 rings (SSSR count). The van der Waals surface area contributed by atoms with E-state index >= 15 is 0 Å². The van der Waals surface area contributed by atoms with Crippen molar-refractivity contribution in [2.75, 3.05) is 6.61 Å². The number of H-pyrrole nitrogens is 1. The summed E-state index contributed by atoms with van der Waals surface area (Å²) in [5.41, 5.74) is -1.00. The van der Waals surface area contributed by atoms with Crippen molar-refractivity contribution in [1.29, 1.82) is 0 Å². The highest BCUT2D eigenvalue weighted by molar-refractivity contribution is 5.41. The van der Waals surface area contributed by atoms with Crippen LogP contribution in [0.4, 0.5) is 5.69 Å². The summed E-state index contributed by atoms with van der Waals surface area (Å²) in [6.07, 6.45) is -1.95. The van der Waals surface area contributed by atoms with Gasteiger partial charge in [0.15, 0.2) is 0 Å². The Hall–Kier alpha value is -2.86. The number of para-hydroxylation sites is 1. The lowest BCUT2D eigenvalue weighted by molar-refractivity contribution is -0.386. The SMILES string of the molecule is CC(OCc1cn([C@@H]2CC(O)[C@H](CO)O2)c(=O)[nH]c1=O)c1ccccc1[N+](=O)[O-]. The molecule has 1 saturated heterocycles. The average Bonchev–Trinajstić information content (AvgIpc) is 3.07. The van der Waals surface area contributed by atoms with Gasteiger partial charge in [-0.05, 0) is 13.0 Å². The predicted octanol–water partition coefficient (Wildman–Crippen LogP) is 0.363. The van der Waals surface area contributed by atoms with Crippen LogP contribution in [0, 0.1) is 10.1 Å². The Morgan fingerprint density at radius 3 is 2.79 bits per heavy atom. The van der Waals surface area contributed by atoms with Gasteiger partial charge in [-0.15, -0.1) is 0 Å². The number of ether oxygens (including phenoxy) is 2. The molecule has 1 aromatic heterocycles. The van der Waals surface area contributed by atoms with Crippen molar-refractivity contribution in [3.05, 3.63) is 72.5 Å². The minimum atomic E-state index is -0.942. The van der Waals surface area contributed by atoms with Crippen LogP contribution in [-0.2, 0) is 16.1 Å². The molecule has 1 aliphatic heterocycles. The van der Waals surface area contributed by atoms with Crippen LogP contribution < -0.4 is 11.2 Å². The zero-order valence-corrected chi connectivity index (χ0v) is 15.6. The number of aliphatic hydroxyl groups excluding tert-OH is 2. The van der Waals surface area contributed by atoms with E-state index in [1.807, 2.05) is 0 Å². The molecule has 2 heterocycles. The van der Waals surface area contributed by atoms with Crippen molar-refractivity contribution >= 4 is 5.69 Å². The van der Waals surface area contributed by atoms with E-state index in [0.717, 1.165) is 4.57 Å². The highest BCUT2D eigenvalue weighted by Gasteiger charge is 2.35. The molecule has 0 aliphatic carbocycles. The maximum Gasteiger partial charge on any atom is 0.330 e. The summed E-state index contributed by atoms with van der Waals surface area (Å²) in [4.78, 5) is 37.1. The normalized spacial score (nSPS) is 22.5. The summed E-state index contributed by atoms with van der Waals surface area (Å²) < 4.78 is 12.2. The van der Waals surface area contributed by atoms with E-state index in [-0.39, 0.29) is 24.3 Å². The Kier molecular flexibility index (Phi) is 6.23. The first kappa shape index (κ1) is 20.9. The molecular formula is C18H21N3O8. The summed E-state index contributed by atoms with van der Waals surface area (Å²) in [7, 11) is 0. The van der Waals surface area contributed by atoms with Crippen LogP contribution in [0.2, 0.25) is 0 Å². The van der Waals surface area contributed by atoms with Gasteiger partial charge in [-0.1, -0.05) is 12.1 Å². The van der Waals surface area contributed by atoms with Crippen LogP contribution in [0.3, 0.4) is 0 Å². The number of nitro groups is 1. The Bertz CT molecular complexity index is 1000. The minimum absolute atomic E-state index is 0.0735. The lowest BCUT2D eigenvalue weighted by Gasteiger charge is -2.17. The van der Waals surface area contributed by atoms with Crippen molar-refractivity contribution < 1.29 is 24.6 Å². The average molecular weight is 407 g/mol. The third-order valence-corrected chi connectivity index (χ3v) is 4.80. The molecule has 3 N–H and O–H groups in total. The fourth-order valence-electron chi connectivity index (χ4n) is 3.20. The smallest absolute Gasteiger partial charge is 0.330 e. The molecule has 0 radical (unpaired) electrons. The molecule has 0 amide bonds. The second kappa shape index (κ2) is 8.66. The highest BCUT2D eigenvalue weighted by atomic mass is 16.6. The molecule has 11 nitrogen and oxygen atoms in total. The number of aliphatic hydroxyl groups is 2. The first-order valence-electron chi connectivity index (χ1n) is 8.95. The fourth-order valence-corrected chi connectivity index (χ4v) is 3.20. The molecule has 11 heteroatoms. The molecule has 1 aliphatic rings. The lowest BCUT2D eigenvalue weighted by Crippen LogP contribution is -2.34. The monoisotopic (exact) mass is 407 g/mol. The van der Waals surface area contributed by atoms with E-state index in [4.69, 9.17) is 9.47 Å². The molecule has 4 atom stereocenters. The van der Waals surface area contributed by atoms with Crippen LogP contribution in [0.1, 0.15) is 36.8 Å². The van der Waals surface area contributed by atoms with Gasteiger partial charge in [0.2, 0.25) is 0 Å². The van der Waals surface area contributed by atoms with Crippen molar-refractivity contribution in [2.24, 2.45) is 0 Å². The molecule has 2 unspecified atom stereocenters. The van der Waals surface area contributed by atoms with Crippen LogP contribution in [0.5, 0.6) is 0 Å². The number of rotatable bonds is 7. The zero-order chi connectivity index (χ0) is 21.1. The van der Waals surface area contributed by atoms with Gasteiger partial charge >= 0.3 is 5.69 Å². The van der Waals surface area contributed by atoms with E-state index < -0.39 is 47.3 Å². The molecular weight excluding hydrogens is 386 g/mol. The topological polar surface area (TPSA) is 157 Å². The van der Waals surface area contributed by atoms with E-state index in [1.54, 1.807) is 25.1 Å². The first-order chi connectivity index (χ1) is 13.8. The van der Waals surface area contributed by atoms with Gasteiger partial charge in [0.25, 0.3) is 11.2 Å². The van der Waals surface area contributed by atoms with Crippen LogP contribution in [0.15, 0.2) is 40.1 Å². The van der Waals surface area contributed by atoms with Crippen molar-refractivity contribution in [3.8, 4) is 0 Å². The lowest BCUT2D eigenvalue weighted by atomic mass is 10.1. The minimum Gasteiger partial charge on any atom is -0.394 e. The van der Waals surface area contributed by atoms with Gasteiger partial charge < -0.3 is 19.7 Å². The predicted molar refractivity (Wildman–Crippen MR) is 99.2 cm³/mol. The van der Waals surface area contributed by atoms with Crippen LogP contribution in [-0.4, -0.2) is 43.5 Å². The van der Waals surface area contributed by atoms with Gasteiger partial charge in [0.1, 0.15) is 12.3 Å². The molecule has 1 aromatic carbocycles. The Morgan fingerprint density at radius 2 is 2.14 bits per heavy atom. The third kappa shape index (κ3) is 4.43. The van der Waals surface area contributed by atoms with E-state index in [1.165, 1.54) is 12.3 Å². The van der Waals surface area contributed by atoms with Gasteiger partial charge in [-0.25, -0.2) is 4.79 Å². The molecule has 0 saturated carbocycles. The number of hydrogen-bond donors (Lipinski definition) is 3. The van der Waals surface area contributed by atoms with Crippen LogP contribution in [0.25, 0.3) is 0 Å². The second-order valence-electron chi connectivity index (χ2n) is 6.70. The maximum absolute atomic E-state index is 12.1. The second-order valence-corrected chi connectivity index (χ2v) is 6.70. The fraction of sp³-hybridized carbons (Fsp3) is 0.444. The number of benzene rings is 1. The number of nitrogens with one attached hydrogen (secondary N) is 1. The number of aromatic amines is 1. The number of aromatic nitrogens is 2. The summed E-state index contributed by atoms with van der Waals surface area (Å²) in [6, 6.07) is 6.12. The van der Waals surface area contributed by atoms with Crippen molar-refractivity contribution in [1.82, 2.24) is 9.55 Å². The molecule has 0 spiro atoms. The number of nitro benzene ring substituents is 1.